The molecule has 1 aliphatic heterocycles. The van der Waals surface area contributed by atoms with E-state index in [1.807, 2.05) is 11.3 Å². The predicted molar refractivity (Wildman–Crippen MR) is 87.2 cm³/mol. The van der Waals surface area contributed by atoms with Crippen LogP contribution in [0, 0.1) is 0 Å². The maximum absolute atomic E-state index is 4.97. The quantitative estimate of drug-likeness (QED) is 0.851. The van der Waals surface area contributed by atoms with Gasteiger partial charge in [-0.2, -0.15) is 11.8 Å². The molecule has 0 radical (unpaired) electrons. The third kappa shape index (κ3) is 4.20. The molecule has 19 heavy (non-hydrogen) atoms. The Morgan fingerprint density at radius 1 is 1.26 bits per heavy atom. The first kappa shape index (κ1) is 15.3. The molecule has 1 atom stereocenters. The molecule has 2 rings (SSSR count). The predicted octanol–water partition coefficient (Wildman–Crippen LogP) is 4.72. The molecule has 1 saturated heterocycles. The van der Waals surface area contributed by atoms with Gasteiger partial charge in [0.2, 0.25) is 0 Å². The van der Waals surface area contributed by atoms with E-state index in [4.69, 9.17) is 4.98 Å². The van der Waals surface area contributed by atoms with E-state index in [1.165, 1.54) is 40.6 Å². The van der Waals surface area contributed by atoms with Crippen LogP contribution < -0.4 is 5.32 Å². The van der Waals surface area contributed by atoms with Crippen molar-refractivity contribution in [2.24, 2.45) is 0 Å². The summed E-state index contributed by atoms with van der Waals surface area (Å²) in [6.45, 7) is 9.89. The summed E-state index contributed by atoms with van der Waals surface area (Å²) in [6, 6.07) is 0.537. The first-order valence-electron chi connectivity index (χ1n) is 7.42. The van der Waals surface area contributed by atoms with Gasteiger partial charge >= 0.3 is 0 Å². The fourth-order valence-corrected chi connectivity index (χ4v) is 5.05. The van der Waals surface area contributed by atoms with Crippen molar-refractivity contribution in [3.63, 3.8) is 0 Å². The van der Waals surface area contributed by atoms with Crippen molar-refractivity contribution in [3.8, 4) is 0 Å². The fraction of sp³-hybridized carbons (Fsp3) is 0.800. The van der Waals surface area contributed by atoms with Crippen LogP contribution in [-0.4, -0.2) is 16.8 Å². The summed E-state index contributed by atoms with van der Waals surface area (Å²) in [5.41, 5.74) is 1.32. The van der Waals surface area contributed by atoms with Gasteiger partial charge < -0.3 is 5.32 Å². The number of rotatable bonds is 5. The summed E-state index contributed by atoms with van der Waals surface area (Å²) >= 11 is 4.04. The molecule has 1 aromatic rings. The zero-order valence-corrected chi connectivity index (χ0v) is 14.2. The number of thioether (sulfide) groups is 1. The summed E-state index contributed by atoms with van der Waals surface area (Å²) < 4.78 is 0. The normalized spacial score (nSPS) is 20.4. The van der Waals surface area contributed by atoms with Gasteiger partial charge in [-0.3, -0.25) is 0 Å². The molecule has 1 unspecified atom stereocenters. The summed E-state index contributed by atoms with van der Waals surface area (Å²) in [7, 11) is 0. The van der Waals surface area contributed by atoms with E-state index in [0.717, 1.165) is 6.54 Å². The van der Waals surface area contributed by atoms with Crippen LogP contribution in [-0.2, 0) is 6.54 Å². The molecule has 2 heterocycles. The summed E-state index contributed by atoms with van der Waals surface area (Å²) in [4.78, 5) is 6.42. The van der Waals surface area contributed by atoms with Crippen LogP contribution in [0.4, 0.5) is 0 Å². The zero-order valence-electron chi connectivity index (χ0n) is 12.5. The van der Waals surface area contributed by atoms with Gasteiger partial charge in [0.05, 0.1) is 10.9 Å². The second-order valence-corrected chi connectivity index (χ2v) is 8.33. The molecule has 0 amide bonds. The SMILES string of the molecule is CC(C)NCc1sc(C2CCCCS2)nc1C(C)C. The van der Waals surface area contributed by atoms with Gasteiger partial charge in [0, 0.05) is 17.5 Å². The Kier molecular flexibility index (Phi) is 5.72. The number of thiazole rings is 1. The highest BCUT2D eigenvalue weighted by Gasteiger charge is 2.22. The van der Waals surface area contributed by atoms with Gasteiger partial charge in [0.15, 0.2) is 0 Å². The van der Waals surface area contributed by atoms with E-state index in [9.17, 15) is 0 Å². The van der Waals surface area contributed by atoms with Crippen molar-refractivity contribution in [2.75, 3.05) is 5.75 Å². The monoisotopic (exact) mass is 298 g/mol. The highest BCUT2D eigenvalue weighted by molar-refractivity contribution is 7.99. The van der Waals surface area contributed by atoms with E-state index in [-0.39, 0.29) is 0 Å². The molecule has 4 heteroatoms. The molecule has 1 aliphatic rings. The van der Waals surface area contributed by atoms with Crippen molar-refractivity contribution >= 4 is 23.1 Å². The Balaban J connectivity index is 2.13. The number of hydrogen-bond acceptors (Lipinski definition) is 4. The minimum absolute atomic E-state index is 0.530. The van der Waals surface area contributed by atoms with Gasteiger partial charge in [0.1, 0.15) is 5.01 Å². The average Bonchev–Trinajstić information content (AvgIpc) is 2.81. The molecule has 0 spiro atoms. The fourth-order valence-electron chi connectivity index (χ4n) is 2.33. The number of nitrogens with one attached hydrogen (secondary N) is 1. The van der Waals surface area contributed by atoms with E-state index in [1.54, 1.807) is 0 Å². The van der Waals surface area contributed by atoms with Gasteiger partial charge in [-0.05, 0) is 24.5 Å². The summed E-state index contributed by atoms with van der Waals surface area (Å²) in [5.74, 6) is 1.84. The average molecular weight is 299 g/mol. The van der Waals surface area contributed by atoms with Crippen LogP contribution >= 0.6 is 23.1 Å². The Morgan fingerprint density at radius 3 is 2.63 bits per heavy atom. The van der Waals surface area contributed by atoms with E-state index < -0.39 is 0 Å². The van der Waals surface area contributed by atoms with Gasteiger partial charge in [0.25, 0.3) is 0 Å². The molecule has 0 aliphatic carbocycles. The van der Waals surface area contributed by atoms with Crippen molar-refractivity contribution in [2.45, 2.75) is 70.7 Å². The Bertz CT molecular complexity index is 393. The molecule has 0 saturated carbocycles. The molecule has 1 N–H and O–H groups in total. The minimum atomic E-state index is 0.530. The van der Waals surface area contributed by atoms with Gasteiger partial charge in [-0.1, -0.05) is 34.1 Å². The van der Waals surface area contributed by atoms with Crippen molar-refractivity contribution < 1.29 is 0 Å². The highest BCUT2D eigenvalue weighted by atomic mass is 32.2. The lowest BCUT2D eigenvalue weighted by molar-refractivity contribution is 0.588. The molecule has 1 fully saturated rings. The first-order valence-corrected chi connectivity index (χ1v) is 9.29. The van der Waals surface area contributed by atoms with Crippen LogP contribution in [0.25, 0.3) is 0 Å². The standard InChI is InChI=1S/C15H26N2S2/c1-10(2)14-13(9-16-11(3)4)19-15(17-14)12-7-5-6-8-18-12/h10-12,16H,5-9H2,1-4H3. The van der Waals surface area contributed by atoms with E-state index in [2.05, 4.69) is 44.8 Å². The molecule has 1 aromatic heterocycles. The lowest BCUT2D eigenvalue weighted by Crippen LogP contribution is -2.22. The van der Waals surface area contributed by atoms with Crippen LogP contribution in [0.15, 0.2) is 0 Å². The lowest BCUT2D eigenvalue weighted by Gasteiger charge is -2.18. The van der Waals surface area contributed by atoms with Crippen LogP contribution in [0.1, 0.15) is 73.7 Å². The summed E-state index contributed by atoms with van der Waals surface area (Å²) in [6.07, 6.45) is 4.06. The second kappa shape index (κ2) is 7.09. The molecule has 108 valence electrons. The Morgan fingerprint density at radius 2 is 2.05 bits per heavy atom. The van der Waals surface area contributed by atoms with E-state index >= 15 is 0 Å². The largest absolute Gasteiger partial charge is 0.310 e. The summed E-state index contributed by atoms with van der Waals surface area (Å²) in [5, 5.41) is 5.56. The van der Waals surface area contributed by atoms with Crippen LogP contribution in [0.3, 0.4) is 0 Å². The van der Waals surface area contributed by atoms with E-state index in [0.29, 0.717) is 17.2 Å². The van der Waals surface area contributed by atoms with Gasteiger partial charge in [-0.25, -0.2) is 4.98 Å². The minimum Gasteiger partial charge on any atom is -0.310 e. The lowest BCUT2D eigenvalue weighted by atomic mass is 10.1. The Hall–Kier alpha value is -0.0600. The molecular weight excluding hydrogens is 272 g/mol. The maximum Gasteiger partial charge on any atom is 0.106 e. The van der Waals surface area contributed by atoms with Crippen molar-refractivity contribution in [3.05, 3.63) is 15.6 Å². The third-order valence-corrected chi connectivity index (χ3v) is 6.14. The smallest absolute Gasteiger partial charge is 0.106 e. The number of nitrogens with zero attached hydrogens (tertiary/aromatic N) is 1. The van der Waals surface area contributed by atoms with Gasteiger partial charge in [-0.15, -0.1) is 11.3 Å². The molecular formula is C15H26N2S2. The maximum atomic E-state index is 4.97. The van der Waals surface area contributed by atoms with Crippen molar-refractivity contribution in [1.82, 2.24) is 10.3 Å². The van der Waals surface area contributed by atoms with Crippen LogP contribution in [0.5, 0.6) is 0 Å². The third-order valence-electron chi connectivity index (χ3n) is 3.42. The molecule has 2 nitrogen and oxygen atoms in total. The number of aromatic nitrogens is 1. The highest BCUT2D eigenvalue weighted by Crippen LogP contribution is 2.41. The second-order valence-electron chi connectivity index (χ2n) is 5.91. The first-order chi connectivity index (χ1) is 9.08. The number of hydrogen-bond donors (Lipinski definition) is 1. The zero-order chi connectivity index (χ0) is 13.8. The van der Waals surface area contributed by atoms with Crippen LogP contribution in [0.2, 0.25) is 0 Å². The molecule has 0 bridgehead atoms. The Labute approximate surface area is 125 Å². The topological polar surface area (TPSA) is 24.9 Å². The molecule has 0 aromatic carbocycles. The van der Waals surface area contributed by atoms with Crippen molar-refractivity contribution in [1.29, 1.82) is 0 Å².